The zero-order valence-electron chi connectivity index (χ0n) is 33.6. The van der Waals surface area contributed by atoms with Crippen LogP contribution < -0.4 is 20.1 Å². The van der Waals surface area contributed by atoms with E-state index in [1.165, 1.54) is 16.4 Å². The number of hydrogen-bond donors (Lipinski definition) is 3. The summed E-state index contributed by atoms with van der Waals surface area (Å²) >= 11 is 0. The lowest BCUT2D eigenvalue weighted by Crippen LogP contribution is -2.54. The van der Waals surface area contributed by atoms with E-state index < -0.39 is 57.7 Å². The van der Waals surface area contributed by atoms with Crippen molar-refractivity contribution < 1.29 is 47.0 Å². The number of carboxylic acids is 1. The highest BCUT2D eigenvalue weighted by Gasteiger charge is 2.45. The minimum atomic E-state index is -3.92. The first-order valence-electron chi connectivity index (χ1n) is 19.8. The number of piperidine rings is 1. The number of sulfonamides is 1. The van der Waals surface area contributed by atoms with Crippen molar-refractivity contribution in [3.05, 3.63) is 106 Å². The second-order valence-corrected chi connectivity index (χ2v) is 17.3. The molecule has 0 radical (unpaired) electrons. The summed E-state index contributed by atoms with van der Waals surface area (Å²) in [6.45, 7) is 4.39. The van der Waals surface area contributed by atoms with Gasteiger partial charge in [-0.3, -0.25) is 34.2 Å². The maximum atomic E-state index is 13.9. The number of imide groups is 2. The van der Waals surface area contributed by atoms with E-state index in [9.17, 15) is 37.5 Å². The Labute approximate surface area is 350 Å². The predicted molar refractivity (Wildman–Crippen MR) is 220 cm³/mol. The summed E-state index contributed by atoms with van der Waals surface area (Å²) < 4.78 is 43.0. The van der Waals surface area contributed by atoms with Crippen molar-refractivity contribution in [1.82, 2.24) is 29.5 Å². The third kappa shape index (κ3) is 7.91. The number of rotatable bonds is 13. The van der Waals surface area contributed by atoms with Crippen LogP contribution in [0.1, 0.15) is 81.5 Å². The standard InChI is InChI=1S/C43H43N7O10S/c1-24-12-13-26(18-28(24)23-49-22-25(2)60-34-10-4-5-11-36(34)61(49,57)58)30(21-38(52)53)27-19-32-40(48(3)47-46-32)35(20-27)59-17-7-16-44-31-9-6-8-29-39(31)43(56)50(42(29)55)33-14-15-37(51)45-41(33)54/h4-6,8-13,18-20,25,30,33,44H,7,14-17,21-23H2,1-3H3,(H,52,53)(H,45,51,54). The molecule has 3 aliphatic heterocycles. The van der Waals surface area contributed by atoms with E-state index in [1.807, 2.05) is 32.0 Å². The lowest BCUT2D eigenvalue weighted by Gasteiger charge is -2.27. The molecule has 3 unspecified atom stereocenters. The Morgan fingerprint density at radius 1 is 1.03 bits per heavy atom. The molecule has 316 valence electrons. The average molecular weight is 850 g/mol. The summed E-state index contributed by atoms with van der Waals surface area (Å²) in [6, 6.07) is 19.4. The fraction of sp³-hybridized carbons (Fsp3) is 0.326. The molecule has 18 heteroatoms. The number of hydrogen-bond acceptors (Lipinski definition) is 12. The molecule has 0 saturated carbocycles. The molecule has 17 nitrogen and oxygen atoms in total. The normalized spacial score (nSPS) is 19.2. The molecule has 4 aromatic carbocycles. The highest BCUT2D eigenvalue weighted by molar-refractivity contribution is 7.89. The van der Waals surface area contributed by atoms with Gasteiger partial charge in [-0.1, -0.05) is 41.6 Å². The molecule has 4 amide bonds. The molecule has 0 spiro atoms. The molecule has 61 heavy (non-hydrogen) atoms. The van der Waals surface area contributed by atoms with Gasteiger partial charge < -0.3 is 19.9 Å². The second kappa shape index (κ2) is 16.4. The van der Waals surface area contributed by atoms with E-state index in [4.69, 9.17) is 9.47 Å². The number of nitrogens with zero attached hydrogens (tertiary/aromatic N) is 5. The fourth-order valence-electron chi connectivity index (χ4n) is 8.19. The number of aliphatic carboxylic acids is 1. The Morgan fingerprint density at radius 3 is 2.62 bits per heavy atom. The second-order valence-electron chi connectivity index (χ2n) is 15.4. The highest BCUT2D eigenvalue weighted by atomic mass is 32.2. The number of anilines is 1. The van der Waals surface area contributed by atoms with E-state index in [1.54, 1.807) is 54.2 Å². The number of aryl methyl sites for hydroxylation is 2. The van der Waals surface area contributed by atoms with Crippen molar-refractivity contribution in [2.24, 2.45) is 7.05 Å². The summed E-state index contributed by atoms with van der Waals surface area (Å²) in [7, 11) is -2.20. The number of benzene rings is 4. The quantitative estimate of drug-likeness (QED) is 0.112. The SMILES string of the molecule is Cc1ccc(C(CC(=O)O)c2cc(OCCCNc3cccc4c3C(=O)N(C3CCC(=O)NC3=O)C4=O)c3c(c2)nnn3C)cc1CN1CC(C)Oc2ccccc2S1(=O)=O. The molecular weight excluding hydrogens is 807 g/mol. The Hall–Kier alpha value is -6.66. The smallest absolute Gasteiger partial charge is 0.304 e. The minimum absolute atomic E-state index is 0.0192. The van der Waals surface area contributed by atoms with Crippen LogP contribution in [0, 0.1) is 6.92 Å². The van der Waals surface area contributed by atoms with Crippen LogP contribution in [0.3, 0.4) is 0 Å². The van der Waals surface area contributed by atoms with Crippen LogP contribution in [0.25, 0.3) is 11.0 Å². The molecule has 5 aromatic rings. The molecule has 1 aromatic heterocycles. The van der Waals surface area contributed by atoms with Crippen molar-refractivity contribution in [3.63, 3.8) is 0 Å². The van der Waals surface area contributed by atoms with Crippen LogP contribution in [0.15, 0.2) is 77.7 Å². The summed E-state index contributed by atoms with van der Waals surface area (Å²) in [5, 5.41) is 24.1. The van der Waals surface area contributed by atoms with Gasteiger partial charge in [0.2, 0.25) is 21.8 Å². The largest absolute Gasteiger partial charge is 0.491 e. The molecule has 0 bridgehead atoms. The summed E-state index contributed by atoms with van der Waals surface area (Å²) in [6.07, 6.45) is -0.183. The maximum Gasteiger partial charge on any atom is 0.304 e. The molecule has 8 rings (SSSR count). The van der Waals surface area contributed by atoms with Gasteiger partial charge >= 0.3 is 5.97 Å². The van der Waals surface area contributed by atoms with Crippen LogP contribution >= 0.6 is 0 Å². The predicted octanol–water partition coefficient (Wildman–Crippen LogP) is 4.14. The number of nitrogens with one attached hydrogen (secondary N) is 2. The lowest BCUT2D eigenvalue weighted by atomic mass is 9.86. The Kier molecular flexibility index (Phi) is 11.1. The van der Waals surface area contributed by atoms with Crippen LogP contribution in [0.2, 0.25) is 0 Å². The number of fused-ring (bicyclic) bond motifs is 3. The first kappa shape index (κ1) is 41.1. The first-order valence-corrected chi connectivity index (χ1v) is 21.3. The maximum absolute atomic E-state index is 13.9. The highest BCUT2D eigenvalue weighted by Crippen LogP contribution is 2.38. The molecule has 3 aliphatic rings. The van der Waals surface area contributed by atoms with Crippen molar-refractivity contribution >= 4 is 56.3 Å². The number of amides is 4. The van der Waals surface area contributed by atoms with Crippen LogP contribution in [0.4, 0.5) is 5.69 Å². The van der Waals surface area contributed by atoms with E-state index in [0.717, 1.165) is 10.5 Å². The van der Waals surface area contributed by atoms with Gasteiger partial charge in [-0.25, -0.2) is 13.1 Å². The third-order valence-electron chi connectivity index (χ3n) is 11.2. The van der Waals surface area contributed by atoms with Gasteiger partial charge in [-0.2, -0.15) is 4.31 Å². The molecule has 1 saturated heterocycles. The molecule has 0 aliphatic carbocycles. The Balaban J connectivity index is 1.00. The summed E-state index contributed by atoms with van der Waals surface area (Å²) in [5.41, 5.74) is 4.64. The molecular formula is C43H43N7O10S. The zero-order valence-corrected chi connectivity index (χ0v) is 34.4. The third-order valence-corrected chi connectivity index (χ3v) is 13.1. The van der Waals surface area contributed by atoms with Crippen molar-refractivity contribution in [1.29, 1.82) is 0 Å². The first-order chi connectivity index (χ1) is 29.2. The molecule has 3 atom stereocenters. The number of carbonyl (C=O) groups is 5. The molecule has 3 N–H and O–H groups in total. The Bertz CT molecular complexity index is 2730. The average Bonchev–Trinajstić information content (AvgIpc) is 3.69. The van der Waals surface area contributed by atoms with Gasteiger partial charge in [0.15, 0.2) is 0 Å². The number of carbonyl (C=O) groups excluding carboxylic acids is 4. The van der Waals surface area contributed by atoms with Crippen molar-refractivity contribution in [2.45, 2.75) is 69.0 Å². The van der Waals surface area contributed by atoms with E-state index in [2.05, 4.69) is 20.9 Å². The number of ether oxygens (including phenoxy) is 2. The summed E-state index contributed by atoms with van der Waals surface area (Å²) in [4.78, 5) is 64.4. The van der Waals surface area contributed by atoms with Gasteiger partial charge in [-0.05, 0) is 85.3 Å². The molecule has 1 fully saturated rings. The van der Waals surface area contributed by atoms with E-state index >= 15 is 0 Å². The zero-order chi connectivity index (χ0) is 43.2. The fourth-order valence-corrected chi connectivity index (χ4v) is 9.80. The Morgan fingerprint density at radius 2 is 1.84 bits per heavy atom. The monoisotopic (exact) mass is 849 g/mol. The van der Waals surface area contributed by atoms with Gasteiger partial charge in [0, 0.05) is 38.2 Å². The van der Waals surface area contributed by atoms with Crippen molar-refractivity contribution in [2.75, 3.05) is 25.0 Å². The number of aromatic nitrogens is 3. The lowest BCUT2D eigenvalue weighted by molar-refractivity contribution is -0.138. The van der Waals surface area contributed by atoms with Gasteiger partial charge in [-0.15, -0.1) is 5.10 Å². The van der Waals surface area contributed by atoms with E-state index in [0.29, 0.717) is 57.9 Å². The topological polar surface area (TPSA) is 219 Å². The van der Waals surface area contributed by atoms with Crippen LogP contribution in [-0.4, -0.2) is 99.2 Å². The van der Waals surface area contributed by atoms with Crippen LogP contribution in [0.5, 0.6) is 11.5 Å². The van der Waals surface area contributed by atoms with Gasteiger partial charge in [0.25, 0.3) is 11.8 Å². The van der Waals surface area contributed by atoms with E-state index in [-0.39, 0.29) is 55.0 Å². The minimum Gasteiger partial charge on any atom is -0.491 e. The number of para-hydroxylation sites is 1. The summed E-state index contributed by atoms with van der Waals surface area (Å²) in [5.74, 6) is -3.33. The van der Waals surface area contributed by atoms with Gasteiger partial charge in [0.1, 0.15) is 39.6 Å². The van der Waals surface area contributed by atoms with Crippen LogP contribution in [-0.2, 0) is 38.0 Å². The van der Waals surface area contributed by atoms with Crippen molar-refractivity contribution in [3.8, 4) is 11.5 Å². The molecule has 4 heterocycles. The number of carboxylic acid groups (broad SMARTS) is 1. The van der Waals surface area contributed by atoms with Gasteiger partial charge in [0.05, 0.1) is 30.7 Å².